The molecule has 4 aromatic heterocycles. The van der Waals surface area contributed by atoms with Crippen LogP contribution in [0.2, 0.25) is 0 Å². The van der Waals surface area contributed by atoms with Crippen molar-refractivity contribution in [3.63, 3.8) is 0 Å². The van der Waals surface area contributed by atoms with Crippen LogP contribution in [0.15, 0.2) is 47.8 Å². The molecular formula is C18H19N9O. The van der Waals surface area contributed by atoms with E-state index in [1.807, 2.05) is 19.1 Å². The summed E-state index contributed by atoms with van der Waals surface area (Å²) in [5.74, 6) is 2.27. The molecule has 0 aromatic carbocycles. The lowest BCUT2D eigenvalue weighted by Crippen LogP contribution is -2.37. The van der Waals surface area contributed by atoms with Crippen LogP contribution in [0.4, 0.5) is 5.82 Å². The van der Waals surface area contributed by atoms with Crippen LogP contribution in [0.1, 0.15) is 18.7 Å². The lowest BCUT2D eigenvalue weighted by atomic mass is 10.2. The third-order valence-electron chi connectivity index (χ3n) is 5.08. The third-order valence-corrected chi connectivity index (χ3v) is 5.08. The molecule has 0 amide bonds. The van der Waals surface area contributed by atoms with E-state index in [2.05, 4.69) is 30.3 Å². The fraction of sp³-hybridized carbons (Fsp3) is 0.333. The molecule has 0 radical (unpaired) electrons. The zero-order valence-corrected chi connectivity index (χ0v) is 15.4. The van der Waals surface area contributed by atoms with Crippen molar-refractivity contribution >= 4 is 11.5 Å². The van der Waals surface area contributed by atoms with Crippen molar-refractivity contribution < 1.29 is 0 Å². The molecule has 10 heteroatoms. The Balaban J connectivity index is 1.45. The molecule has 4 aromatic rings. The van der Waals surface area contributed by atoms with Crippen LogP contribution < -0.4 is 10.5 Å². The molecule has 0 spiro atoms. The predicted octanol–water partition coefficient (Wildman–Crippen LogP) is 0.844. The van der Waals surface area contributed by atoms with Crippen molar-refractivity contribution in [2.75, 3.05) is 11.4 Å². The Morgan fingerprint density at radius 3 is 2.86 bits per heavy atom. The summed E-state index contributed by atoms with van der Waals surface area (Å²) in [5.41, 5.74) is 0.608. The topological polar surface area (TPSA) is 99.0 Å². The van der Waals surface area contributed by atoms with E-state index in [4.69, 9.17) is 0 Å². The number of imidazole rings is 1. The van der Waals surface area contributed by atoms with Gasteiger partial charge in [-0.1, -0.05) is 0 Å². The maximum Gasteiger partial charge on any atom is 0.266 e. The average Bonchev–Trinajstić information content (AvgIpc) is 3.45. The minimum atomic E-state index is -0.117. The highest BCUT2D eigenvalue weighted by molar-refractivity contribution is 5.47. The van der Waals surface area contributed by atoms with E-state index < -0.39 is 0 Å². The van der Waals surface area contributed by atoms with Gasteiger partial charge in [0.25, 0.3) is 5.56 Å². The van der Waals surface area contributed by atoms with Crippen LogP contribution >= 0.6 is 0 Å². The maximum atomic E-state index is 12.4. The van der Waals surface area contributed by atoms with Crippen LogP contribution in [0, 0.1) is 6.92 Å². The van der Waals surface area contributed by atoms with Gasteiger partial charge in [-0.25, -0.2) is 9.67 Å². The van der Waals surface area contributed by atoms with E-state index >= 15 is 0 Å². The molecule has 0 saturated carbocycles. The smallest absolute Gasteiger partial charge is 0.266 e. The standard InChI is InChI=1S/C18H19N9O/c1-13-20-21-15-4-5-17(23-27(13)15)25-9-2-3-14(25)11-26-18(28)7-6-16(22-26)24-10-8-19-12-24/h4-8,10,12,14H,2-3,9,11H2,1H3. The number of nitrogens with zero attached hydrogens (tertiary/aromatic N) is 9. The second kappa shape index (κ2) is 6.55. The minimum Gasteiger partial charge on any atom is -0.350 e. The Labute approximate surface area is 160 Å². The van der Waals surface area contributed by atoms with E-state index in [1.165, 1.54) is 4.68 Å². The van der Waals surface area contributed by atoms with Gasteiger partial charge in [0.2, 0.25) is 0 Å². The third kappa shape index (κ3) is 2.82. The zero-order valence-electron chi connectivity index (χ0n) is 15.4. The van der Waals surface area contributed by atoms with Crippen molar-refractivity contribution in [3.8, 4) is 5.82 Å². The van der Waals surface area contributed by atoms with Crippen molar-refractivity contribution in [1.82, 2.24) is 39.1 Å². The van der Waals surface area contributed by atoms with Gasteiger partial charge in [-0.3, -0.25) is 9.36 Å². The number of rotatable bonds is 4. The Kier molecular flexibility index (Phi) is 3.89. The Morgan fingerprint density at radius 1 is 1.11 bits per heavy atom. The second-order valence-electron chi connectivity index (χ2n) is 6.88. The summed E-state index contributed by atoms with van der Waals surface area (Å²) in [6.45, 7) is 3.27. The lowest BCUT2D eigenvalue weighted by molar-refractivity contribution is 0.483. The SMILES string of the molecule is Cc1nnc2ccc(N3CCCC3Cn3nc(-n4ccnc4)ccc3=O)nn12. The van der Waals surface area contributed by atoms with Crippen LogP contribution in [0.25, 0.3) is 11.5 Å². The molecular weight excluding hydrogens is 358 g/mol. The number of aromatic nitrogens is 8. The molecule has 1 atom stereocenters. The first-order chi connectivity index (χ1) is 13.7. The summed E-state index contributed by atoms with van der Waals surface area (Å²) >= 11 is 0. The van der Waals surface area contributed by atoms with Gasteiger partial charge in [-0.05, 0) is 38.0 Å². The summed E-state index contributed by atoms with van der Waals surface area (Å²) in [6, 6.07) is 7.27. The molecule has 1 aliphatic heterocycles. The number of hydrogen-bond acceptors (Lipinski definition) is 7. The van der Waals surface area contributed by atoms with Gasteiger partial charge >= 0.3 is 0 Å². The van der Waals surface area contributed by atoms with Crippen molar-refractivity contribution in [3.05, 3.63) is 59.2 Å². The van der Waals surface area contributed by atoms with Gasteiger partial charge in [-0.2, -0.15) is 9.61 Å². The quantitative estimate of drug-likeness (QED) is 0.520. The molecule has 1 aliphatic rings. The average molecular weight is 377 g/mol. The summed E-state index contributed by atoms with van der Waals surface area (Å²) in [5, 5.41) is 17.4. The van der Waals surface area contributed by atoms with Gasteiger partial charge in [-0.15, -0.1) is 15.3 Å². The van der Waals surface area contributed by atoms with E-state index in [0.717, 1.165) is 36.7 Å². The summed E-state index contributed by atoms with van der Waals surface area (Å²) in [6.07, 6.45) is 7.18. The normalized spacial score (nSPS) is 16.9. The molecule has 1 unspecified atom stereocenters. The van der Waals surface area contributed by atoms with Gasteiger partial charge in [0, 0.05) is 25.0 Å². The van der Waals surface area contributed by atoms with Crippen LogP contribution in [0.3, 0.4) is 0 Å². The highest BCUT2D eigenvalue weighted by Gasteiger charge is 2.27. The summed E-state index contributed by atoms with van der Waals surface area (Å²) in [7, 11) is 0. The Morgan fingerprint density at radius 2 is 2.00 bits per heavy atom. The molecule has 28 heavy (non-hydrogen) atoms. The van der Waals surface area contributed by atoms with E-state index in [-0.39, 0.29) is 11.6 Å². The molecule has 1 saturated heterocycles. The second-order valence-corrected chi connectivity index (χ2v) is 6.88. The molecule has 1 fully saturated rings. The number of fused-ring (bicyclic) bond motifs is 1. The fourth-order valence-corrected chi connectivity index (χ4v) is 3.67. The van der Waals surface area contributed by atoms with Gasteiger partial charge in [0.05, 0.1) is 12.6 Å². The first kappa shape index (κ1) is 16.6. The number of hydrogen-bond donors (Lipinski definition) is 0. The first-order valence-corrected chi connectivity index (χ1v) is 9.21. The summed E-state index contributed by atoms with van der Waals surface area (Å²) in [4.78, 5) is 18.7. The number of anilines is 1. The molecule has 0 N–H and O–H groups in total. The molecule has 142 valence electrons. The predicted molar refractivity (Wildman–Crippen MR) is 102 cm³/mol. The van der Waals surface area contributed by atoms with Crippen molar-refractivity contribution in [1.29, 1.82) is 0 Å². The highest BCUT2D eigenvalue weighted by atomic mass is 16.1. The monoisotopic (exact) mass is 377 g/mol. The molecule has 5 rings (SSSR count). The minimum absolute atomic E-state index is 0.117. The highest BCUT2D eigenvalue weighted by Crippen LogP contribution is 2.24. The van der Waals surface area contributed by atoms with E-state index in [1.54, 1.807) is 39.9 Å². The van der Waals surface area contributed by atoms with Crippen LogP contribution in [-0.4, -0.2) is 51.7 Å². The molecule has 5 heterocycles. The lowest BCUT2D eigenvalue weighted by Gasteiger charge is -2.25. The molecule has 10 nitrogen and oxygen atoms in total. The van der Waals surface area contributed by atoms with Crippen LogP contribution in [0.5, 0.6) is 0 Å². The van der Waals surface area contributed by atoms with E-state index in [0.29, 0.717) is 12.4 Å². The summed E-state index contributed by atoms with van der Waals surface area (Å²) < 4.78 is 5.06. The maximum absolute atomic E-state index is 12.4. The first-order valence-electron chi connectivity index (χ1n) is 9.21. The van der Waals surface area contributed by atoms with Gasteiger partial charge < -0.3 is 4.90 Å². The Bertz CT molecular complexity index is 1180. The zero-order chi connectivity index (χ0) is 19.1. The van der Waals surface area contributed by atoms with Gasteiger partial charge in [0.1, 0.15) is 12.1 Å². The Hall–Kier alpha value is -3.56. The van der Waals surface area contributed by atoms with Crippen LogP contribution in [-0.2, 0) is 6.54 Å². The van der Waals surface area contributed by atoms with Crippen molar-refractivity contribution in [2.45, 2.75) is 32.4 Å². The van der Waals surface area contributed by atoms with Crippen molar-refractivity contribution in [2.24, 2.45) is 0 Å². The number of aryl methyl sites for hydroxylation is 1. The molecule has 0 bridgehead atoms. The van der Waals surface area contributed by atoms with E-state index in [9.17, 15) is 4.79 Å². The fourth-order valence-electron chi connectivity index (χ4n) is 3.67. The largest absolute Gasteiger partial charge is 0.350 e. The van der Waals surface area contributed by atoms with Gasteiger partial charge in [0.15, 0.2) is 17.3 Å². The molecule has 0 aliphatic carbocycles.